The average molecular weight is 116 g/mol. The fraction of sp³-hybridized carbons (Fsp3) is 0.750. The van der Waals surface area contributed by atoms with E-state index >= 15 is 0 Å². The van der Waals surface area contributed by atoms with E-state index in [0.29, 0.717) is 13.0 Å². The standard InChI is InChI=1S/C4H8N2O2/c5-4(7)3-1-2-6(3)8/h3,6H,1-2H2,(H2,5,7). The van der Waals surface area contributed by atoms with Crippen LogP contribution in [0.4, 0.5) is 0 Å². The largest absolute Gasteiger partial charge is 0.634 e. The number of carbonyl (C=O) groups is 1. The Kier molecular flexibility index (Phi) is 1.19. The van der Waals surface area contributed by atoms with Gasteiger partial charge in [0.25, 0.3) is 5.91 Å². The number of amides is 1. The Morgan fingerprint density at radius 2 is 2.50 bits per heavy atom. The molecular formula is C4H8N2O2. The number of quaternary nitrogens is 1. The number of carbonyl (C=O) groups excluding carboxylic acids is 1. The van der Waals surface area contributed by atoms with Gasteiger partial charge in [-0.3, -0.25) is 4.79 Å². The maximum Gasteiger partial charge on any atom is 0.276 e. The van der Waals surface area contributed by atoms with Crippen LogP contribution in [0.5, 0.6) is 0 Å². The van der Waals surface area contributed by atoms with Crippen molar-refractivity contribution in [1.82, 2.24) is 0 Å². The van der Waals surface area contributed by atoms with Crippen LogP contribution in [0, 0.1) is 5.21 Å². The number of nitrogens with two attached hydrogens (primary N) is 1. The van der Waals surface area contributed by atoms with Crippen LogP contribution in [-0.2, 0) is 4.79 Å². The van der Waals surface area contributed by atoms with E-state index in [1.54, 1.807) is 0 Å². The van der Waals surface area contributed by atoms with Gasteiger partial charge in [0.1, 0.15) is 0 Å². The molecule has 1 saturated heterocycles. The molecule has 1 aliphatic heterocycles. The summed E-state index contributed by atoms with van der Waals surface area (Å²) in [5.74, 6) is -0.471. The summed E-state index contributed by atoms with van der Waals surface area (Å²) in [6.07, 6.45) is 0.661. The van der Waals surface area contributed by atoms with Crippen LogP contribution in [-0.4, -0.2) is 18.5 Å². The molecule has 1 fully saturated rings. The molecule has 8 heavy (non-hydrogen) atoms. The second-order valence-corrected chi connectivity index (χ2v) is 1.96. The van der Waals surface area contributed by atoms with Gasteiger partial charge in [0, 0.05) is 0 Å². The van der Waals surface area contributed by atoms with E-state index in [-0.39, 0.29) is 5.06 Å². The topological polar surface area (TPSA) is 70.6 Å². The Balaban J connectivity index is 2.37. The maximum absolute atomic E-state index is 10.4. The van der Waals surface area contributed by atoms with E-state index in [9.17, 15) is 10.0 Å². The summed E-state index contributed by atoms with van der Waals surface area (Å²) >= 11 is 0. The average Bonchev–Trinajstić information content (AvgIpc) is 1.61. The molecule has 0 aliphatic carbocycles. The molecule has 0 radical (unpaired) electrons. The van der Waals surface area contributed by atoms with Crippen molar-refractivity contribution in [2.24, 2.45) is 5.73 Å². The van der Waals surface area contributed by atoms with Gasteiger partial charge in [-0.15, -0.1) is 0 Å². The van der Waals surface area contributed by atoms with Gasteiger partial charge < -0.3 is 16.0 Å². The third-order valence-electron chi connectivity index (χ3n) is 1.41. The van der Waals surface area contributed by atoms with Crippen molar-refractivity contribution >= 4 is 5.91 Å². The maximum atomic E-state index is 10.4. The number of hydrogen-bond donors (Lipinski definition) is 2. The highest BCUT2D eigenvalue weighted by Crippen LogP contribution is 1.91. The molecule has 0 aromatic rings. The van der Waals surface area contributed by atoms with E-state index in [4.69, 9.17) is 5.73 Å². The third-order valence-corrected chi connectivity index (χ3v) is 1.41. The van der Waals surface area contributed by atoms with Gasteiger partial charge in [-0.1, -0.05) is 0 Å². The molecule has 1 rings (SSSR count). The zero-order valence-electron chi connectivity index (χ0n) is 4.39. The minimum absolute atomic E-state index is 0.00231. The van der Waals surface area contributed by atoms with Gasteiger partial charge >= 0.3 is 0 Å². The number of hydrogen-bond acceptors (Lipinski definition) is 2. The Labute approximate surface area is 46.8 Å². The highest BCUT2D eigenvalue weighted by atomic mass is 16.5. The van der Waals surface area contributed by atoms with Gasteiger partial charge in [0.05, 0.1) is 13.0 Å². The van der Waals surface area contributed by atoms with Crippen LogP contribution in [0.2, 0.25) is 0 Å². The van der Waals surface area contributed by atoms with Crippen molar-refractivity contribution in [2.45, 2.75) is 12.5 Å². The highest BCUT2D eigenvalue weighted by Gasteiger charge is 2.31. The molecule has 2 unspecified atom stereocenters. The number of primary amides is 1. The molecule has 0 aromatic carbocycles. The normalized spacial score (nSPS) is 36.1. The van der Waals surface area contributed by atoms with Gasteiger partial charge in [-0.05, 0) is 0 Å². The number of nitrogens with one attached hydrogen (secondary N) is 1. The molecule has 1 aliphatic rings. The number of rotatable bonds is 1. The van der Waals surface area contributed by atoms with Gasteiger partial charge in [0.15, 0.2) is 6.04 Å². The number of hydroxylamine groups is 2. The summed E-state index contributed by atoms with van der Waals surface area (Å²) in [6, 6.07) is -0.449. The predicted molar refractivity (Wildman–Crippen MR) is 26.8 cm³/mol. The van der Waals surface area contributed by atoms with Crippen molar-refractivity contribution in [1.29, 1.82) is 0 Å². The first-order chi connectivity index (χ1) is 3.72. The molecule has 2 atom stereocenters. The zero-order valence-corrected chi connectivity index (χ0v) is 4.39. The Bertz CT molecular complexity index is 115. The predicted octanol–water partition coefficient (Wildman–Crippen LogP) is -2.37. The molecule has 4 heteroatoms. The van der Waals surface area contributed by atoms with Gasteiger partial charge in [-0.25, -0.2) is 0 Å². The summed E-state index contributed by atoms with van der Waals surface area (Å²) in [7, 11) is 0. The van der Waals surface area contributed by atoms with E-state index < -0.39 is 11.9 Å². The lowest BCUT2D eigenvalue weighted by Crippen LogP contribution is -3.19. The SMILES string of the molecule is NC(=O)C1CC[NH+]1[O-]. The van der Waals surface area contributed by atoms with Crippen molar-refractivity contribution in [3.8, 4) is 0 Å². The molecule has 4 nitrogen and oxygen atoms in total. The lowest BCUT2D eigenvalue weighted by molar-refractivity contribution is -0.908. The second-order valence-electron chi connectivity index (χ2n) is 1.96. The quantitative estimate of drug-likeness (QED) is 0.376. The van der Waals surface area contributed by atoms with Crippen LogP contribution in [0.25, 0.3) is 0 Å². The molecule has 0 saturated carbocycles. The summed E-state index contributed by atoms with van der Waals surface area (Å²) in [5, 5.41) is 10.4. The molecule has 0 aromatic heterocycles. The molecule has 0 spiro atoms. The first kappa shape index (κ1) is 5.53. The van der Waals surface area contributed by atoms with E-state index in [0.717, 1.165) is 0 Å². The minimum Gasteiger partial charge on any atom is -0.634 e. The Morgan fingerprint density at radius 3 is 2.50 bits per heavy atom. The molecule has 1 amide bonds. The summed E-state index contributed by atoms with van der Waals surface area (Å²) in [5.41, 5.74) is 4.83. The summed E-state index contributed by atoms with van der Waals surface area (Å²) in [4.78, 5) is 10.2. The summed E-state index contributed by atoms with van der Waals surface area (Å²) < 4.78 is 0. The van der Waals surface area contributed by atoms with Gasteiger partial charge in [0.2, 0.25) is 0 Å². The molecule has 1 heterocycles. The zero-order chi connectivity index (χ0) is 6.15. The smallest absolute Gasteiger partial charge is 0.276 e. The second kappa shape index (κ2) is 1.72. The lowest BCUT2D eigenvalue weighted by Gasteiger charge is -2.37. The van der Waals surface area contributed by atoms with Crippen LogP contribution in [0.1, 0.15) is 6.42 Å². The van der Waals surface area contributed by atoms with Crippen LogP contribution >= 0.6 is 0 Å². The molecular weight excluding hydrogens is 108 g/mol. The first-order valence-electron chi connectivity index (χ1n) is 2.54. The first-order valence-corrected chi connectivity index (χ1v) is 2.54. The fourth-order valence-electron chi connectivity index (χ4n) is 0.707. The Hall–Kier alpha value is -0.610. The van der Waals surface area contributed by atoms with E-state index in [1.165, 1.54) is 0 Å². The Morgan fingerprint density at radius 1 is 1.88 bits per heavy atom. The van der Waals surface area contributed by atoms with Crippen molar-refractivity contribution in [2.75, 3.05) is 6.54 Å². The monoisotopic (exact) mass is 116 g/mol. The highest BCUT2D eigenvalue weighted by molar-refractivity contribution is 5.78. The van der Waals surface area contributed by atoms with E-state index in [2.05, 4.69) is 0 Å². The molecule has 3 N–H and O–H groups in total. The van der Waals surface area contributed by atoms with Crippen LogP contribution in [0.15, 0.2) is 0 Å². The van der Waals surface area contributed by atoms with Crippen LogP contribution in [0.3, 0.4) is 0 Å². The van der Waals surface area contributed by atoms with Crippen LogP contribution < -0.4 is 10.8 Å². The summed E-state index contributed by atoms with van der Waals surface area (Å²) in [6.45, 7) is 0.535. The minimum atomic E-state index is -0.471. The fourth-order valence-corrected chi connectivity index (χ4v) is 0.707. The lowest BCUT2D eigenvalue weighted by atomic mass is 10.1. The van der Waals surface area contributed by atoms with Crippen molar-refractivity contribution in [3.63, 3.8) is 0 Å². The molecule has 0 bridgehead atoms. The van der Waals surface area contributed by atoms with Crippen molar-refractivity contribution < 1.29 is 9.86 Å². The van der Waals surface area contributed by atoms with Crippen molar-refractivity contribution in [3.05, 3.63) is 5.21 Å². The molecule has 46 valence electrons. The van der Waals surface area contributed by atoms with Gasteiger partial charge in [-0.2, -0.15) is 0 Å². The third kappa shape index (κ3) is 0.677. The van der Waals surface area contributed by atoms with E-state index in [1.807, 2.05) is 0 Å².